The van der Waals surface area contributed by atoms with E-state index in [0.29, 0.717) is 27.1 Å². The molecular weight excluding hydrogens is 562 g/mol. The van der Waals surface area contributed by atoms with E-state index in [0.717, 1.165) is 4.90 Å². The fraction of sp³-hybridized carbons (Fsp3) is 0.423. The summed E-state index contributed by atoms with van der Waals surface area (Å²) < 4.78 is 11.4. The van der Waals surface area contributed by atoms with Crippen LogP contribution in [0.3, 0.4) is 0 Å². The molecule has 4 rings (SSSR count). The molecule has 0 spiro atoms. The van der Waals surface area contributed by atoms with Gasteiger partial charge in [0.1, 0.15) is 5.54 Å². The number of carbonyl (C=O) groups excluding carboxylic acids is 2. The van der Waals surface area contributed by atoms with E-state index in [-0.39, 0.29) is 12.1 Å². The molecule has 0 radical (unpaired) electrons. The Labute approximate surface area is 227 Å². The highest BCUT2D eigenvalue weighted by Gasteiger charge is 2.69. The molecule has 2 fully saturated rings. The summed E-state index contributed by atoms with van der Waals surface area (Å²) in [7, 11) is 2.94. The third-order valence-electron chi connectivity index (χ3n) is 7.15. The molecule has 0 aromatic heterocycles. The fourth-order valence-electron chi connectivity index (χ4n) is 5.56. The number of carboxylic acids is 1. The second-order valence-corrected chi connectivity index (χ2v) is 11.3. The first-order chi connectivity index (χ1) is 17.8. The lowest BCUT2D eigenvalue weighted by Gasteiger charge is -2.35. The number of carbonyl (C=O) groups is 3. The number of amides is 2. The summed E-state index contributed by atoms with van der Waals surface area (Å²) in [4.78, 5) is 52.3. The minimum atomic E-state index is -1.86. The van der Waals surface area contributed by atoms with Gasteiger partial charge in [0.25, 0.3) is 5.69 Å². The van der Waals surface area contributed by atoms with Gasteiger partial charge in [-0.05, 0) is 60.0 Å². The lowest BCUT2D eigenvalue weighted by Crippen LogP contribution is -2.58. The van der Waals surface area contributed by atoms with Crippen molar-refractivity contribution in [2.24, 2.45) is 11.8 Å². The number of non-ortho nitro benzene ring substituents is 1. The molecule has 11 nitrogen and oxygen atoms in total. The monoisotopic (exact) mass is 589 g/mol. The van der Waals surface area contributed by atoms with Gasteiger partial charge < -0.3 is 14.6 Å². The molecule has 12 heteroatoms. The van der Waals surface area contributed by atoms with Gasteiger partial charge in [0.2, 0.25) is 11.8 Å². The molecule has 2 saturated heterocycles. The number of hydrogen-bond donors (Lipinski definition) is 2. The molecular formula is C26H28BrN3O8. The second-order valence-electron chi connectivity index (χ2n) is 10.4. The minimum absolute atomic E-state index is 0.144. The molecule has 38 heavy (non-hydrogen) atoms. The zero-order valence-electron chi connectivity index (χ0n) is 21.5. The highest BCUT2D eigenvalue weighted by molar-refractivity contribution is 9.10. The van der Waals surface area contributed by atoms with E-state index in [1.165, 1.54) is 38.5 Å². The number of nitro benzene ring substituents is 1. The Morgan fingerprint density at radius 3 is 2.29 bits per heavy atom. The molecule has 2 amide bonds. The maximum Gasteiger partial charge on any atom is 0.325 e. The molecule has 4 atom stereocenters. The van der Waals surface area contributed by atoms with Crippen LogP contribution in [0.25, 0.3) is 0 Å². The predicted molar refractivity (Wildman–Crippen MR) is 139 cm³/mol. The van der Waals surface area contributed by atoms with Gasteiger partial charge in [-0.2, -0.15) is 0 Å². The second kappa shape index (κ2) is 9.66. The fourth-order valence-corrected chi connectivity index (χ4v) is 6.18. The number of carboxylic acid groups (broad SMARTS) is 1. The minimum Gasteiger partial charge on any atom is -0.493 e. The van der Waals surface area contributed by atoms with E-state index in [9.17, 15) is 29.6 Å². The van der Waals surface area contributed by atoms with Crippen LogP contribution in [0.15, 0.2) is 40.9 Å². The van der Waals surface area contributed by atoms with Crippen molar-refractivity contribution in [3.8, 4) is 11.5 Å². The molecule has 0 saturated carbocycles. The summed E-state index contributed by atoms with van der Waals surface area (Å²) in [5.74, 6) is -3.80. The number of imide groups is 1. The Morgan fingerprint density at radius 2 is 1.79 bits per heavy atom. The third kappa shape index (κ3) is 4.31. The van der Waals surface area contributed by atoms with Crippen LogP contribution < -0.4 is 14.8 Å². The molecule has 0 bridgehead atoms. The number of hydrogen-bond acceptors (Lipinski definition) is 8. The lowest BCUT2D eigenvalue weighted by atomic mass is 9.76. The standard InChI is InChI=1S/C26H28BrN3O8/c1-25(2,3)29-22(31)18-19(23(29)32)26(24(33)34,12-13-6-8-15(9-7-13)30(35)36)28-20(18)14-10-16(27)21(38-5)17(11-14)37-4/h6-11,18-20,28H,12H2,1-5H3,(H,33,34). The van der Waals surface area contributed by atoms with E-state index in [2.05, 4.69) is 21.2 Å². The van der Waals surface area contributed by atoms with Crippen molar-refractivity contribution in [2.45, 2.75) is 44.3 Å². The van der Waals surface area contributed by atoms with Crippen LogP contribution >= 0.6 is 15.9 Å². The van der Waals surface area contributed by atoms with Crippen molar-refractivity contribution in [2.75, 3.05) is 14.2 Å². The van der Waals surface area contributed by atoms with Crippen molar-refractivity contribution in [1.82, 2.24) is 10.2 Å². The van der Waals surface area contributed by atoms with Gasteiger partial charge in [-0.3, -0.25) is 34.7 Å². The number of nitro groups is 1. The number of aliphatic carboxylic acids is 1. The van der Waals surface area contributed by atoms with Crippen LogP contribution in [0.4, 0.5) is 5.69 Å². The molecule has 2 aliphatic rings. The van der Waals surface area contributed by atoms with Crippen molar-refractivity contribution >= 4 is 39.4 Å². The number of methoxy groups -OCH3 is 2. The van der Waals surface area contributed by atoms with Crippen molar-refractivity contribution < 1.29 is 33.9 Å². The summed E-state index contributed by atoms with van der Waals surface area (Å²) >= 11 is 3.45. The molecule has 2 aromatic carbocycles. The Bertz CT molecular complexity index is 1320. The Hall–Kier alpha value is -3.51. The predicted octanol–water partition coefficient (Wildman–Crippen LogP) is 3.48. The van der Waals surface area contributed by atoms with Gasteiger partial charge in [0.05, 0.1) is 35.5 Å². The summed E-state index contributed by atoms with van der Waals surface area (Å²) in [6, 6.07) is 7.99. The largest absolute Gasteiger partial charge is 0.493 e. The normalized spacial score (nSPS) is 24.9. The maximum atomic E-state index is 13.8. The highest BCUT2D eigenvalue weighted by atomic mass is 79.9. The van der Waals surface area contributed by atoms with Crippen LogP contribution in [-0.4, -0.2) is 58.0 Å². The van der Waals surface area contributed by atoms with Gasteiger partial charge in [-0.15, -0.1) is 0 Å². The average Bonchev–Trinajstić information content (AvgIpc) is 3.32. The van der Waals surface area contributed by atoms with Gasteiger partial charge in [-0.1, -0.05) is 12.1 Å². The highest BCUT2D eigenvalue weighted by Crippen LogP contribution is 2.52. The first-order valence-electron chi connectivity index (χ1n) is 11.8. The van der Waals surface area contributed by atoms with Gasteiger partial charge in [-0.25, -0.2) is 0 Å². The summed E-state index contributed by atoms with van der Waals surface area (Å²) in [6.07, 6.45) is -0.177. The molecule has 4 unspecified atom stereocenters. The zero-order valence-corrected chi connectivity index (χ0v) is 23.1. The van der Waals surface area contributed by atoms with E-state index in [4.69, 9.17) is 9.47 Å². The first-order valence-corrected chi connectivity index (χ1v) is 12.6. The topological polar surface area (TPSA) is 148 Å². The first kappa shape index (κ1) is 27.5. The van der Waals surface area contributed by atoms with Crippen molar-refractivity contribution in [3.63, 3.8) is 0 Å². The van der Waals surface area contributed by atoms with Crippen molar-refractivity contribution in [1.29, 1.82) is 0 Å². The van der Waals surface area contributed by atoms with E-state index >= 15 is 0 Å². The Morgan fingerprint density at radius 1 is 1.16 bits per heavy atom. The van der Waals surface area contributed by atoms with Gasteiger partial charge in [0.15, 0.2) is 11.5 Å². The molecule has 2 aromatic rings. The van der Waals surface area contributed by atoms with Crippen molar-refractivity contribution in [3.05, 3.63) is 62.1 Å². The Kier molecular flexibility index (Phi) is 7.00. The summed E-state index contributed by atoms with van der Waals surface area (Å²) in [6.45, 7) is 5.16. The molecule has 0 aliphatic carbocycles. The van der Waals surface area contributed by atoms with Gasteiger partial charge >= 0.3 is 5.97 Å². The van der Waals surface area contributed by atoms with E-state index in [1.54, 1.807) is 32.9 Å². The molecule has 2 aliphatic heterocycles. The number of nitrogens with zero attached hydrogens (tertiary/aromatic N) is 2. The van der Waals surface area contributed by atoms with Crippen LogP contribution in [-0.2, 0) is 20.8 Å². The summed E-state index contributed by atoms with van der Waals surface area (Å²) in [5.41, 5.74) is -1.88. The quantitative estimate of drug-likeness (QED) is 0.281. The Balaban J connectivity index is 1.89. The zero-order chi connectivity index (χ0) is 28.2. The molecule has 2 N–H and O–H groups in total. The van der Waals surface area contributed by atoms with Gasteiger partial charge in [0, 0.05) is 30.1 Å². The smallest absolute Gasteiger partial charge is 0.325 e. The lowest BCUT2D eigenvalue weighted by molar-refractivity contribution is -0.384. The average molecular weight is 590 g/mol. The number of likely N-dealkylation sites (tertiary alicyclic amines) is 1. The SMILES string of the molecule is COc1cc(C2NC(Cc3ccc([N+](=O)[O-])cc3)(C(=O)O)C3C(=O)N(C(C)(C)C)C(=O)C23)cc(Br)c1OC. The van der Waals surface area contributed by atoms with E-state index in [1.807, 2.05) is 0 Å². The maximum absolute atomic E-state index is 13.8. The van der Waals surface area contributed by atoms with Crippen LogP contribution in [0, 0.1) is 22.0 Å². The molecule has 202 valence electrons. The third-order valence-corrected chi connectivity index (χ3v) is 7.74. The summed E-state index contributed by atoms with van der Waals surface area (Å²) in [5, 5.41) is 24.8. The number of benzene rings is 2. The number of nitrogens with one attached hydrogen (secondary N) is 1. The number of halogens is 1. The van der Waals surface area contributed by atoms with Crippen LogP contribution in [0.2, 0.25) is 0 Å². The number of ether oxygens (including phenoxy) is 2. The number of rotatable bonds is 7. The van der Waals surface area contributed by atoms with Crippen LogP contribution in [0.5, 0.6) is 11.5 Å². The number of fused-ring (bicyclic) bond motifs is 1. The molecule has 2 heterocycles. The van der Waals surface area contributed by atoms with E-state index < -0.39 is 51.7 Å². The van der Waals surface area contributed by atoms with Crippen LogP contribution in [0.1, 0.15) is 37.9 Å².